The van der Waals surface area contributed by atoms with Crippen molar-refractivity contribution in [1.82, 2.24) is 5.32 Å². The van der Waals surface area contributed by atoms with E-state index in [-0.39, 0.29) is 24.9 Å². The van der Waals surface area contributed by atoms with Crippen molar-refractivity contribution in [3.63, 3.8) is 0 Å². The molecule has 0 aromatic heterocycles. The topological polar surface area (TPSA) is 86.3 Å². The summed E-state index contributed by atoms with van der Waals surface area (Å²) in [4.78, 5) is 9.86. The summed E-state index contributed by atoms with van der Waals surface area (Å²) in [7, 11) is -4.10. The lowest BCUT2D eigenvalue weighted by atomic mass is 10.0. The Morgan fingerprint density at radius 2 is 1.26 bits per heavy atom. The van der Waals surface area contributed by atoms with Gasteiger partial charge in [0.25, 0.3) is 0 Å². The summed E-state index contributed by atoms with van der Waals surface area (Å²) < 4.78 is 33.5. The Kier molecular flexibility index (Phi) is 23.1. The van der Waals surface area contributed by atoms with Crippen LogP contribution in [0.4, 0.5) is 0 Å². The van der Waals surface area contributed by atoms with Crippen LogP contribution < -0.4 is 5.32 Å². The van der Waals surface area contributed by atoms with Gasteiger partial charge in [-0.25, -0.2) is 4.57 Å². The fourth-order valence-corrected chi connectivity index (χ4v) is 4.55. The predicted octanol–water partition coefficient (Wildman–Crippen LogP) is 7.41. The molecule has 0 aromatic carbocycles. The van der Waals surface area contributed by atoms with E-state index in [4.69, 9.17) is 18.5 Å². The Balaban J connectivity index is 3.66. The van der Waals surface area contributed by atoms with Gasteiger partial charge in [0.1, 0.15) is 6.10 Å². The van der Waals surface area contributed by atoms with Gasteiger partial charge >= 0.3 is 7.82 Å². The highest BCUT2D eigenvalue weighted by Crippen LogP contribution is 2.43. The van der Waals surface area contributed by atoms with Crippen LogP contribution in [-0.2, 0) is 23.1 Å². The first-order valence-corrected chi connectivity index (χ1v) is 15.8. The third kappa shape index (κ3) is 26.9. The molecular formula is C27H58NO6P. The number of hydrogen-bond donors (Lipinski definition) is 2. The summed E-state index contributed by atoms with van der Waals surface area (Å²) in [6.45, 7) is 12.3. The highest BCUT2D eigenvalue weighted by atomic mass is 31.2. The van der Waals surface area contributed by atoms with Crippen LogP contribution in [0.2, 0.25) is 0 Å². The monoisotopic (exact) mass is 523 g/mol. The first-order chi connectivity index (χ1) is 16.7. The number of rotatable bonds is 26. The van der Waals surface area contributed by atoms with E-state index in [1.807, 2.05) is 27.7 Å². The number of unbranched alkanes of at least 4 members (excludes halogenated alkanes) is 13. The van der Waals surface area contributed by atoms with Gasteiger partial charge in [-0.05, 0) is 34.1 Å². The van der Waals surface area contributed by atoms with Crippen molar-refractivity contribution in [3.8, 4) is 0 Å². The van der Waals surface area contributed by atoms with Crippen LogP contribution >= 0.6 is 7.82 Å². The fourth-order valence-electron chi connectivity index (χ4n) is 3.80. The molecular weight excluding hydrogens is 465 g/mol. The van der Waals surface area contributed by atoms with Crippen molar-refractivity contribution in [2.45, 2.75) is 136 Å². The number of ether oxygens (including phenoxy) is 2. The van der Waals surface area contributed by atoms with Crippen molar-refractivity contribution in [1.29, 1.82) is 0 Å². The summed E-state index contributed by atoms with van der Waals surface area (Å²) in [6, 6.07) is 0. The van der Waals surface area contributed by atoms with Crippen LogP contribution in [0.15, 0.2) is 0 Å². The zero-order valence-corrected chi connectivity index (χ0v) is 24.5. The minimum Gasteiger partial charge on any atom is -0.379 e. The molecule has 0 radical (unpaired) electrons. The van der Waals surface area contributed by atoms with E-state index in [1.165, 1.54) is 83.5 Å². The molecule has 0 spiro atoms. The number of phosphoric acid groups is 1. The van der Waals surface area contributed by atoms with E-state index in [1.54, 1.807) is 0 Å². The van der Waals surface area contributed by atoms with Crippen molar-refractivity contribution in [3.05, 3.63) is 0 Å². The molecule has 0 aliphatic carbocycles. The van der Waals surface area contributed by atoms with Gasteiger partial charge < -0.3 is 19.7 Å². The molecule has 0 aliphatic rings. The molecule has 0 aromatic rings. The van der Waals surface area contributed by atoms with Crippen LogP contribution in [0.3, 0.4) is 0 Å². The van der Waals surface area contributed by atoms with Crippen molar-refractivity contribution >= 4 is 7.82 Å². The molecule has 0 saturated carbocycles. The fraction of sp³-hybridized carbons (Fsp3) is 1.00. The second-order valence-corrected chi connectivity index (χ2v) is 12.0. The first-order valence-electron chi connectivity index (χ1n) is 14.3. The number of hydrogen-bond acceptors (Lipinski definition) is 6. The van der Waals surface area contributed by atoms with E-state index in [0.29, 0.717) is 26.4 Å². The summed E-state index contributed by atoms with van der Waals surface area (Å²) in [6.07, 6.45) is 18.3. The molecule has 2 N–H and O–H groups in total. The lowest BCUT2D eigenvalue weighted by molar-refractivity contribution is -0.0392. The van der Waals surface area contributed by atoms with Crippen LogP contribution in [0.25, 0.3) is 0 Å². The first kappa shape index (κ1) is 35.0. The van der Waals surface area contributed by atoms with E-state index >= 15 is 0 Å². The predicted molar refractivity (Wildman–Crippen MR) is 146 cm³/mol. The smallest absolute Gasteiger partial charge is 0.379 e. The van der Waals surface area contributed by atoms with Crippen molar-refractivity contribution < 1.29 is 28.0 Å². The molecule has 0 aliphatic heterocycles. The minimum absolute atomic E-state index is 0.0347. The molecule has 212 valence electrons. The summed E-state index contributed by atoms with van der Waals surface area (Å²) in [5, 5.41) is 3.20. The van der Waals surface area contributed by atoms with Gasteiger partial charge in [0.2, 0.25) is 0 Å². The summed E-state index contributed by atoms with van der Waals surface area (Å²) in [5.41, 5.74) is -0.0754. The van der Waals surface area contributed by atoms with Gasteiger partial charge in [-0.2, -0.15) is 0 Å². The van der Waals surface area contributed by atoms with E-state index in [2.05, 4.69) is 12.2 Å². The zero-order chi connectivity index (χ0) is 26.3. The van der Waals surface area contributed by atoms with E-state index in [9.17, 15) is 9.46 Å². The summed E-state index contributed by atoms with van der Waals surface area (Å²) >= 11 is 0. The molecule has 0 fully saturated rings. The SMILES string of the molecule is CCCCCCCCCCCCCCCCOC[C@H](COP(=O)(O)OCCNC(C)(C)C)OCC. The van der Waals surface area contributed by atoms with Crippen LogP contribution in [-0.4, -0.2) is 56.1 Å². The molecule has 7 nitrogen and oxygen atoms in total. The largest absolute Gasteiger partial charge is 0.472 e. The average Bonchev–Trinajstić information content (AvgIpc) is 2.79. The Hall–Kier alpha value is -0.0100. The van der Waals surface area contributed by atoms with Crippen molar-refractivity contribution in [2.24, 2.45) is 0 Å². The highest BCUT2D eigenvalue weighted by molar-refractivity contribution is 7.47. The lowest BCUT2D eigenvalue weighted by Crippen LogP contribution is -2.37. The molecule has 0 saturated heterocycles. The minimum atomic E-state index is -4.10. The standard InChI is InChI=1S/C27H58NO6P/c1-6-8-9-10-11-12-13-14-15-16-17-18-19-20-22-31-24-26(32-7-2)25-34-35(29,30)33-23-21-28-27(3,4)5/h26,28H,6-25H2,1-5H3,(H,29,30)/t26-/m1/s1. The van der Waals surface area contributed by atoms with Gasteiger partial charge in [0.05, 0.1) is 19.8 Å². The van der Waals surface area contributed by atoms with Crippen LogP contribution in [0, 0.1) is 0 Å². The van der Waals surface area contributed by atoms with E-state index in [0.717, 1.165) is 6.42 Å². The molecule has 0 amide bonds. The molecule has 35 heavy (non-hydrogen) atoms. The Morgan fingerprint density at radius 3 is 1.74 bits per heavy atom. The average molecular weight is 524 g/mol. The number of nitrogens with one attached hydrogen (secondary N) is 1. The molecule has 0 rings (SSSR count). The number of phosphoric ester groups is 1. The van der Waals surface area contributed by atoms with Gasteiger partial charge in [0, 0.05) is 25.3 Å². The second-order valence-electron chi connectivity index (χ2n) is 10.5. The maximum absolute atomic E-state index is 12.1. The quantitative estimate of drug-likeness (QED) is 0.0901. The zero-order valence-electron chi connectivity index (χ0n) is 23.7. The Bertz CT molecular complexity index is 501. The molecule has 1 unspecified atom stereocenters. The highest BCUT2D eigenvalue weighted by Gasteiger charge is 2.24. The van der Waals surface area contributed by atoms with Crippen molar-refractivity contribution in [2.75, 3.05) is 39.6 Å². The van der Waals surface area contributed by atoms with Gasteiger partial charge in [-0.1, -0.05) is 90.4 Å². The summed E-state index contributed by atoms with van der Waals surface area (Å²) in [5.74, 6) is 0. The molecule has 8 heteroatoms. The van der Waals surface area contributed by atoms with Crippen LogP contribution in [0.1, 0.15) is 125 Å². The maximum Gasteiger partial charge on any atom is 0.472 e. The van der Waals surface area contributed by atoms with E-state index < -0.39 is 7.82 Å². The third-order valence-corrected chi connectivity index (χ3v) is 6.77. The molecule has 0 bridgehead atoms. The molecule has 2 atom stereocenters. The molecule has 0 heterocycles. The lowest BCUT2D eigenvalue weighted by Gasteiger charge is -2.22. The van der Waals surface area contributed by atoms with Gasteiger partial charge in [0.15, 0.2) is 0 Å². The Morgan fingerprint density at radius 1 is 0.743 bits per heavy atom. The second kappa shape index (κ2) is 23.1. The van der Waals surface area contributed by atoms with Crippen LogP contribution in [0.5, 0.6) is 0 Å². The van der Waals surface area contributed by atoms with Gasteiger partial charge in [-0.3, -0.25) is 9.05 Å². The van der Waals surface area contributed by atoms with Gasteiger partial charge in [-0.15, -0.1) is 0 Å². The maximum atomic E-state index is 12.1. The Labute approximate surface area is 217 Å². The normalized spacial score (nSPS) is 14.8. The third-order valence-electron chi connectivity index (χ3n) is 5.78.